The molecule has 3 heterocycles. The maximum absolute atomic E-state index is 13.6. The molecular weight excluding hydrogens is 651 g/mol. The summed E-state index contributed by atoms with van der Waals surface area (Å²) in [6.07, 6.45) is 13.3. The van der Waals surface area contributed by atoms with Crippen molar-refractivity contribution in [2.75, 3.05) is 19.8 Å². The fourth-order valence-corrected chi connectivity index (χ4v) is 12.8. The highest BCUT2D eigenvalue weighted by Crippen LogP contribution is 2.75. The van der Waals surface area contributed by atoms with Crippen molar-refractivity contribution in [3.63, 3.8) is 0 Å². The maximum Gasteiger partial charge on any atom is 0.307 e. The van der Waals surface area contributed by atoms with Crippen molar-refractivity contribution >= 4 is 5.97 Å². The predicted molar refractivity (Wildman–Crippen MR) is 203 cm³/mol. The third kappa shape index (κ3) is 5.25. The van der Waals surface area contributed by atoms with Crippen molar-refractivity contribution in [1.82, 2.24) is 19.7 Å². The zero-order valence-corrected chi connectivity index (χ0v) is 33.5. The summed E-state index contributed by atoms with van der Waals surface area (Å²) < 4.78 is 16.1. The smallest absolute Gasteiger partial charge is 0.307 e. The molecule has 2 aromatic heterocycles. The van der Waals surface area contributed by atoms with E-state index in [2.05, 4.69) is 85.0 Å². The second kappa shape index (κ2) is 12.7. The highest BCUT2D eigenvalue weighted by molar-refractivity contribution is 5.73. The Morgan fingerprint density at radius 2 is 1.79 bits per heavy atom. The number of allylic oxidation sites excluding steroid dienone is 1. The van der Waals surface area contributed by atoms with Crippen molar-refractivity contribution < 1.29 is 19.4 Å². The van der Waals surface area contributed by atoms with Gasteiger partial charge in [-0.05, 0) is 103 Å². The van der Waals surface area contributed by atoms with Gasteiger partial charge in [0.25, 0.3) is 0 Å². The molecule has 0 aromatic carbocycles. The van der Waals surface area contributed by atoms with Crippen LogP contribution in [0.1, 0.15) is 114 Å². The summed E-state index contributed by atoms with van der Waals surface area (Å²) in [7, 11) is 0. The lowest BCUT2D eigenvalue weighted by Crippen LogP contribution is -2.69. The summed E-state index contributed by atoms with van der Waals surface area (Å²) in [5.41, 5.74) is 7.56. The molecule has 0 amide bonds. The Balaban J connectivity index is 1.35. The lowest BCUT2D eigenvalue weighted by atomic mass is 9.34. The van der Waals surface area contributed by atoms with Gasteiger partial charge in [-0.15, -0.1) is 0 Å². The number of hydrogen-bond acceptors (Lipinski definition) is 7. The van der Waals surface area contributed by atoms with Crippen molar-refractivity contribution in [1.29, 1.82) is 0 Å². The standard InChI is InChI=1S/C43H65N5O4/c1-26(2)28(5)38(6)17-18-40(8)30-11-12-33-39(7)22-51-24-43(33,31(30)13-16-41(40,9)34(38)37(49)50)21-32(35(39)52-23-42(10,44)27(3)4)48-36(46-25-47-48)29-14-19-45-20-15-29/h13-15,19-20,25-28,30,32-35H,11-12,16-18,21-24,44H2,1-10H3,(H,49,50)/t28-,30+,32-,33+,34-,35+,38-,39-,40-,41+,42+,43+/m1/s1. The Labute approximate surface area is 311 Å². The van der Waals surface area contributed by atoms with E-state index >= 15 is 0 Å². The van der Waals surface area contributed by atoms with Crippen molar-refractivity contribution in [3.8, 4) is 11.4 Å². The lowest BCUT2D eigenvalue weighted by Gasteiger charge is -2.71. The van der Waals surface area contributed by atoms with Crippen molar-refractivity contribution in [3.05, 3.63) is 42.5 Å². The van der Waals surface area contributed by atoms with E-state index in [1.807, 2.05) is 24.5 Å². The average molecular weight is 716 g/mol. The molecule has 0 spiro atoms. The molecule has 5 aliphatic rings. The SMILES string of the molecule is CC(C)[C@@H](C)[C@@]1(C)CC[C@]2(C)[C@H]3CC[C@@H]4[C@@]5(COC[C@@]4(C)[C@@H](OC[C@](C)(N)C(C)C)[C@H](n4ncnc4-c4ccncc4)C5)C3=CC[C@@]2(C)[C@@H]1C(=O)O. The summed E-state index contributed by atoms with van der Waals surface area (Å²) in [5.74, 6) is 1.39. The number of carboxylic acid groups (broad SMARTS) is 1. The Hall–Kier alpha value is -2.62. The van der Waals surface area contributed by atoms with Gasteiger partial charge in [-0.25, -0.2) is 9.67 Å². The number of fused-ring (bicyclic) bond motifs is 3. The Morgan fingerprint density at radius 3 is 2.44 bits per heavy atom. The minimum atomic E-state index is -0.624. The largest absolute Gasteiger partial charge is 0.481 e. The van der Waals surface area contributed by atoms with Crippen LogP contribution in [-0.2, 0) is 14.3 Å². The molecule has 52 heavy (non-hydrogen) atoms. The highest BCUT2D eigenvalue weighted by atomic mass is 16.5. The van der Waals surface area contributed by atoms with Crippen LogP contribution in [-0.4, -0.2) is 62.3 Å². The van der Waals surface area contributed by atoms with Crippen LogP contribution in [0.5, 0.6) is 0 Å². The van der Waals surface area contributed by atoms with Gasteiger partial charge in [0.2, 0.25) is 0 Å². The number of aromatic nitrogens is 4. The molecule has 3 N–H and O–H groups in total. The summed E-state index contributed by atoms with van der Waals surface area (Å²) in [4.78, 5) is 22.6. The van der Waals surface area contributed by atoms with E-state index in [0.717, 1.165) is 49.9 Å². The van der Waals surface area contributed by atoms with Gasteiger partial charge in [0, 0.05) is 34.3 Å². The second-order valence-electron chi connectivity index (χ2n) is 19.8. The number of hydrogen-bond donors (Lipinski definition) is 2. The van der Waals surface area contributed by atoms with Crippen LogP contribution in [0, 0.1) is 62.6 Å². The molecule has 9 nitrogen and oxygen atoms in total. The molecule has 4 fully saturated rings. The highest BCUT2D eigenvalue weighted by Gasteiger charge is 2.72. The summed E-state index contributed by atoms with van der Waals surface area (Å²) in [5, 5.41) is 16.1. The van der Waals surface area contributed by atoms with E-state index in [1.165, 1.54) is 5.57 Å². The van der Waals surface area contributed by atoms with Gasteiger partial charge in [0.15, 0.2) is 5.82 Å². The molecule has 0 radical (unpaired) electrons. The first-order chi connectivity index (χ1) is 24.4. The normalized spacial score (nSPS) is 41.7. The van der Waals surface area contributed by atoms with Crippen LogP contribution in [0.4, 0.5) is 0 Å². The topological polar surface area (TPSA) is 125 Å². The van der Waals surface area contributed by atoms with E-state index in [-0.39, 0.29) is 51.1 Å². The minimum Gasteiger partial charge on any atom is -0.481 e. The molecule has 3 saturated carbocycles. The Morgan fingerprint density at radius 1 is 1.08 bits per heavy atom. The first kappa shape index (κ1) is 37.7. The van der Waals surface area contributed by atoms with Gasteiger partial charge in [-0.3, -0.25) is 9.78 Å². The molecule has 2 aromatic rings. The van der Waals surface area contributed by atoms with E-state index in [0.29, 0.717) is 37.6 Å². The van der Waals surface area contributed by atoms with E-state index < -0.39 is 17.4 Å². The van der Waals surface area contributed by atoms with Gasteiger partial charge < -0.3 is 20.3 Å². The number of nitrogens with two attached hydrogens (primary N) is 1. The monoisotopic (exact) mass is 716 g/mol. The zero-order valence-electron chi connectivity index (χ0n) is 33.5. The quantitative estimate of drug-likeness (QED) is 0.249. The van der Waals surface area contributed by atoms with Crippen LogP contribution < -0.4 is 5.73 Å². The predicted octanol–water partition coefficient (Wildman–Crippen LogP) is 8.23. The number of rotatable bonds is 9. The molecular formula is C43H65N5O4. The second-order valence-corrected chi connectivity index (χ2v) is 19.8. The van der Waals surface area contributed by atoms with Gasteiger partial charge in [-0.2, -0.15) is 5.10 Å². The van der Waals surface area contributed by atoms with Crippen molar-refractivity contribution in [2.24, 2.45) is 68.3 Å². The number of carboxylic acids is 1. The fourth-order valence-electron chi connectivity index (χ4n) is 12.8. The summed E-state index contributed by atoms with van der Waals surface area (Å²) in [6.45, 7) is 24.4. The Bertz CT molecular complexity index is 1690. The summed E-state index contributed by atoms with van der Waals surface area (Å²) in [6, 6.07) is 3.90. The van der Waals surface area contributed by atoms with Crippen LogP contribution in [0.15, 0.2) is 42.5 Å². The van der Waals surface area contributed by atoms with E-state index in [9.17, 15) is 9.90 Å². The van der Waals surface area contributed by atoms with Crippen molar-refractivity contribution in [2.45, 2.75) is 125 Å². The van der Waals surface area contributed by atoms with E-state index in [4.69, 9.17) is 25.3 Å². The number of pyridine rings is 1. The van der Waals surface area contributed by atoms with Crippen LogP contribution in [0.2, 0.25) is 0 Å². The molecule has 0 unspecified atom stereocenters. The number of ether oxygens (including phenoxy) is 2. The summed E-state index contributed by atoms with van der Waals surface area (Å²) >= 11 is 0. The van der Waals surface area contributed by atoms with Gasteiger partial charge >= 0.3 is 5.97 Å². The van der Waals surface area contributed by atoms with Gasteiger partial charge in [0.05, 0.1) is 37.9 Å². The maximum atomic E-state index is 13.6. The first-order valence-electron chi connectivity index (χ1n) is 20.1. The molecule has 7 rings (SSSR count). The fraction of sp³-hybridized carbons (Fsp3) is 0.767. The third-order valence-corrected chi connectivity index (χ3v) is 16.8. The average Bonchev–Trinajstić information content (AvgIpc) is 3.58. The van der Waals surface area contributed by atoms with Crippen LogP contribution in [0.3, 0.4) is 0 Å². The zero-order chi connectivity index (χ0) is 37.6. The molecule has 2 bridgehead atoms. The van der Waals surface area contributed by atoms with Crippen LogP contribution >= 0.6 is 0 Å². The molecule has 12 atom stereocenters. The number of nitrogens with zero attached hydrogens (tertiary/aromatic N) is 4. The van der Waals surface area contributed by atoms with E-state index in [1.54, 1.807) is 6.33 Å². The molecule has 4 aliphatic carbocycles. The van der Waals surface area contributed by atoms with Gasteiger partial charge in [-0.1, -0.05) is 74.0 Å². The molecule has 1 aliphatic heterocycles. The lowest BCUT2D eigenvalue weighted by molar-refractivity contribution is -0.252. The third-order valence-electron chi connectivity index (χ3n) is 16.8. The number of carbonyl (C=O) groups is 1. The molecule has 286 valence electrons. The minimum absolute atomic E-state index is 0.104. The van der Waals surface area contributed by atoms with Gasteiger partial charge in [0.1, 0.15) is 6.33 Å². The number of aliphatic carboxylic acids is 1. The molecule has 9 heteroatoms. The molecule has 1 saturated heterocycles. The Kier molecular flexibility index (Phi) is 9.22. The first-order valence-corrected chi connectivity index (χ1v) is 20.1. The van der Waals surface area contributed by atoms with Crippen LogP contribution in [0.25, 0.3) is 11.4 Å².